The van der Waals surface area contributed by atoms with E-state index in [1.165, 1.54) is 11.1 Å². The summed E-state index contributed by atoms with van der Waals surface area (Å²) in [7, 11) is 0. The third kappa shape index (κ3) is 3.80. The molecular formula is C20H23NO2. The van der Waals surface area contributed by atoms with Gasteiger partial charge in [0.1, 0.15) is 0 Å². The zero-order valence-electron chi connectivity index (χ0n) is 13.3. The maximum Gasteiger partial charge on any atom is 0.246 e. The van der Waals surface area contributed by atoms with Crippen LogP contribution in [0.2, 0.25) is 0 Å². The molecule has 2 aromatic rings. The van der Waals surface area contributed by atoms with Gasteiger partial charge in [-0.3, -0.25) is 10.0 Å². The lowest BCUT2D eigenvalue weighted by atomic mass is 9.82. The average molecular weight is 309 g/mol. The molecule has 0 spiro atoms. The fourth-order valence-electron chi connectivity index (χ4n) is 3.51. The maximum atomic E-state index is 11.9. The Morgan fingerprint density at radius 1 is 1.00 bits per heavy atom. The second-order valence-electron chi connectivity index (χ2n) is 6.24. The Hall–Kier alpha value is -2.13. The molecule has 1 N–H and O–H groups in total. The minimum atomic E-state index is -0.151. The Morgan fingerprint density at radius 3 is 2.35 bits per heavy atom. The molecule has 0 saturated carbocycles. The quantitative estimate of drug-likeness (QED) is 0.842. The van der Waals surface area contributed by atoms with Gasteiger partial charge in [0.15, 0.2) is 0 Å². The Kier molecular flexibility index (Phi) is 5.09. The van der Waals surface area contributed by atoms with Crippen molar-refractivity contribution in [3.8, 4) is 0 Å². The topological polar surface area (TPSA) is 40.5 Å². The molecule has 1 aliphatic rings. The molecule has 0 aliphatic carbocycles. The maximum absolute atomic E-state index is 11.9. The monoisotopic (exact) mass is 309 g/mol. The van der Waals surface area contributed by atoms with E-state index in [1.54, 1.807) is 0 Å². The number of carbonyl (C=O) groups is 1. The van der Waals surface area contributed by atoms with Gasteiger partial charge >= 0.3 is 0 Å². The summed E-state index contributed by atoms with van der Waals surface area (Å²) in [5, 5.41) is 11.2. The summed E-state index contributed by atoms with van der Waals surface area (Å²) in [5.41, 5.74) is 2.51. The first kappa shape index (κ1) is 15.8. The van der Waals surface area contributed by atoms with Gasteiger partial charge in [-0.2, -0.15) is 0 Å². The molecule has 0 aromatic heterocycles. The summed E-state index contributed by atoms with van der Waals surface area (Å²) in [6.07, 6.45) is 3.99. The van der Waals surface area contributed by atoms with Crippen molar-refractivity contribution in [2.45, 2.75) is 44.1 Å². The van der Waals surface area contributed by atoms with Crippen molar-refractivity contribution in [1.29, 1.82) is 0 Å². The second-order valence-corrected chi connectivity index (χ2v) is 6.24. The van der Waals surface area contributed by atoms with Gasteiger partial charge in [0.2, 0.25) is 5.91 Å². The summed E-state index contributed by atoms with van der Waals surface area (Å²) < 4.78 is 0. The number of aryl methyl sites for hydroxylation is 1. The number of hydrogen-bond donors (Lipinski definition) is 1. The molecule has 120 valence electrons. The molecule has 1 aliphatic heterocycles. The molecule has 3 rings (SSSR count). The molecule has 2 atom stereocenters. The third-order valence-electron chi connectivity index (χ3n) is 4.74. The Balaban J connectivity index is 1.68. The molecule has 1 fully saturated rings. The minimum absolute atomic E-state index is 0.123. The predicted octanol–water partition coefficient (Wildman–Crippen LogP) is 4.17. The first-order valence-corrected chi connectivity index (χ1v) is 8.35. The van der Waals surface area contributed by atoms with E-state index in [4.69, 9.17) is 0 Å². The van der Waals surface area contributed by atoms with Crippen molar-refractivity contribution < 1.29 is 10.0 Å². The number of rotatable bonds is 5. The molecule has 0 radical (unpaired) electrons. The molecule has 2 aromatic carbocycles. The first-order valence-electron chi connectivity index (χ1n) is 8.35. The summed E-state index contributed by atoms with van der Waals surface area (Å²) in [6.45, 7) is 0. The molecule has 3 heteroatoms. The van der Waals surface area contributed by atoms with Crippen LogP contribution < -0.4 is 0 Å². The molecular weight excluding hydrogens is 286 g/mol. The van der Waals surface area contributed by atoms with E-state index in [2.05, 4.69) is 24.3 Å². The fourth-order valence-corrected chi connectivity index (χ4v) is 3.51. The number of hydrogen-bond acceptors (Lipinski definition) is 2. The Bertz CT molecular complexity index is 627. The van der Waals surface area contributed by atoms with Crippen molar-refractivity contribution in [1.82, 2.24) is 5.06 Å². The Labute approximate surface area is 137 Å². The van der Waals surface area contributed by atoms with E-state index < -0.39 is 0 Å². The molecule has 3 nitrogen and oxygen atoms in total. The normalized spacial score (nSPS) is 21.4. The highest BCUT2D eigenvalue weighted by Gasteiger charge is 2.35. The van der Waals surface area contributed by atoms with Gasteiger partial charge in [0.25, 0.3) is 0 Å². The lowest BCUT2D eigenvalue weighted by molar-refractivity contribution is -0.185. The number of piperidine rings is 1. The molecule has 1 heterocycles. The number of amides is 1. The summed E-state index contributed by atoms with van der Waals surface area (Å²) in [4.78, 5) is 11.9. The van der Waals surface area contributed by atoms with Crippen LogP contribution >= 0.6 is 0 Å². The fraction of sp³-hybridized carbons (Fsp3) is 0.350. The standard InChI is InChI=1S/C20H23NO2/c22-20-15-14-18(17-11-5-2-6-12-17)19(21(20)23)13-7-10-16-8-3-1-4-9-16/h1-6,8-9,11-12,18-19,23H,7,10,13-15H2/t18-,19-/m1/s1. The van der Waals surface area contributed by atoms with Crippen molar-refractivity contribution in [2.75, 3.05) is 0 Å². The zero-order chi connectivity index (χ0) is 16.1. The summed E-state index contributed by atoms with van der Waals surface area (Å²) in [6, 6.07) is 20.5. The van der Waals surface area contributed by atoms with Crippen LogP contribution in [-0.4, -0.2) is 22.2 Å². The first-order chi connectivity index (χ1) is 11.3. The molecule has 0 unspecified atom stereocenters. The molecule has 0 bridgehead atoms. The predicted molar refractivity (Wildman–Crippen MR) is 90.2 cm³/mol. The molecule has 1 amide bonds. The van der Waals surface area contributed by atoms with Crippen molar-refractivity contribution in [3.05, 3.63) is 71.8 Å². The van der Waals surface area contributed by atoms with Crippen LogP contribution in [0.5, 0.6) is 0 Å². The smallest absolute Gasteiger partial charge is 0.246 e. The number of nitrogens with zero attached hydrogens (tertiary/aromatic N) is 1. The number of benzene rings is 2. The van der Waals surface area contributed by atoms with Crippen molar-refractivity contribution in [2.24, 2.45) is 0 Å². The zero-order valence-corrected chi connectivity index (χ0v) is 13.3. The molecule has 23 heavy (non-hydrogen) atoms. The summed E-state index contributed by atoms with van der Waals surface area (Å²) in [5.74, 6) is 0.0663. The van der Waals surface area contributed by atoms with E-state index >= 15 is 0 Å². The van der Waals surface area contributed by atoms with E-state index in [1.807, 2.05) is 36.4 Å². The van der Waals surface area contributed by atoms with Crippen molar-refractivity contribution in [3.63, 3.8) is 0 Å². The minimum Gasteiger partial charge on any atom is -0.286 e. The van der Waals surface area contributed by atoms with Crippen LogP contribution in [0.3, 0.4) is 0 Å². The van der Waals surface area contributed by atoms with Crippen molar-refractivity contribution >= 4 is 5.91 Å². The van der Waals surface area contributed by atoms with Crippen LogP contribution in [-0.2, 0) is 11.2 Å². The van der Waals surface area contributed by atoms with Crippen LogP contribution in [0.4, 0.5) is 0 Å². The van der Waals surface area contributed by atoms with Gasteiger partial charge in [-0.15, -0.1) is 0 Å². The molecule has 1 saturated heterocycles. The van der Waals surface area contributed by atoms with Gasteiger partial charge in [-0.25, -0.2) is 5.06 Å². The van der Waals surface area contributed by atoms with E-state index in [0.29, 0.717) is 6.42 Å². The van der Waals surface area contributed by atoms with Crippen LogP contribution in [0.1, 0.15) is 42.7 Å². The number of hydroxylamine groups is 2. The van der Waals surface area contributed by atoms with E-state index in [0.717, 1.165) is 30.7 Å². The Morgan fingerprint density at radius 2 is 1.65 bits per heavy atom. The highest BCUT2D eigenvalue weighted by atomic mass is 16.5. The van der Waals surface area contributed by atoms with E-state index in [-0.39, 0.29) is 17.9 Å². The van der Waals surface area contributed by atoms with Crippen LogP contribution in [0.25, 0.3) is 0 Å². The van der Waals surface area contributed by atoms with Gasteiger partial charge in [-0.05, 0) is 36.8 Å². The second kappa shape index (κ2) is 7.42. The highest BCUT2D eigenvalue weighted by molar-refractivity contribution is 5.76. The summed E-state index contributed by atoms with van der Waals surface area (Å²) >= 11 is 0. The van der Waals surface area contributed by atoms with Gasteiger partial charge in [0, 0.05) is 12.3 Å². The van der Waals surface area contributed by atoms with E-state index in [9.17, 15) is 10.0 Å². The highest BCUT2D eigenvalue weighted by Crippen LogP contribution is 2.34. The third-order valence-corrected chi connectivity index (χ3v) is 4.74. The number of carbonyl (C=O) groups excluding carboxylic acids is 1. The lowest BCUT2D eigenvalue weighted by Gasteiger charge is -2.37. The lowest BCUT2D eigenvalue weighted by Crippen LogP contribution is -2.45. The van der Waals surface area contributed by atoms with Gasteiger partial charge in [0.05, 0.1) is 6.04 Å². The largest absolute Gasteiger partial charge is 0.286 e. The van der Waals surface area contributed by atoms with Crippen LogP contribution in [0, 0.1) is 0 Å². The van der Waals surface area contributed by atoms with Gasteiger partial charge < -0.3 is 0 Å². The SMILES string of the molecule is O=C1CC[C@H](c2ccccc2)[C@@H](CCCc2ccccc2)N1O. The van der Waals surface area contributed by atoms with Gasteiger partial charge in [-0.1, -0.05) is 60.7 Å². The van der Waals surface area contributed by atoms with Crippen LogP contribution in [0.15, 0.2) is 60.7 Å². The average Bonchev–Trinajstić information content (AvgIpc) is 2.60.